The van der Waals surface area contributed by atoms with Crippen molar-refractivity contribution in [3.05, 3.63) is 101 Å². The van der Waals surface area contributed by atoms with E-state index in [4.69, 9.17) is 5.41 Å². The zero-order valence-electron chi connectivity index (χ0n) is 18.3. The lowest BCUT2D eigenvalue weighted by atomic mass is 10.2. The third-order valence-electron chi connectivity index (χ3n) is 4.72. The smallest absolute Gasteiger partial charge is 0.388 e. The molecule has 0 aliphatic carbocycles. The van der Waals surface area contributed by atoms with Gasteiger partial charge in [-0.2, -0.15) is 19.0 Å². The largest absolute Gasteiger partial charge is 0.417 e. The number of aromatic nitrogens is 4. The van der Waals surface area contributed by atoms with Crippen molar-refractivity contribution in [1.29, 1.82) is 5.41 Å². The lowest BCUT2D eigenvalue weighted by molar-refractivity contribution is -0.0544. The number of nitrogens with one attached hydrogen (secondary N) is 2. The minimum Gasteiger partial charge on any atom is -0.417 e. The average Bonchev–Trinajstić information content (AvgIpc) is 3.27. The number of allylic oxidation sites excluding steroid dienone is 1. The maximum atomic E-state index is 15.1. The predicted molar refractivity (Wildman–Crippen MR) is 125 cm³/mol. The van der Waals surface area contributed by atoms with Crippen LogP contribution in [0.25, 0.3) is 17.1 Å². The number of ether oxygens (including phenoxy) is 1. The Labute approximate surface area is 197 Å². The Kier molecular flexibility index (Phi) is 6.76. The molecule has 2 aromatic carbocycles. The first kappa shape index (κ1) is 23.5. The number of para-hydroxylation sites is 1. The van der Waals surface area contributed by atoms with E-state index >= 15 is 4.39 Å². The fourth-order valence-corrected chi connectivity index (χ4v) is 3.26. The summed E-state index contributed by atoms with van der Waals surface area (Å²) in [5.41, 5.74) is 0.823. The number of alkyl halides is 2. The summed E-state index contributed by atoms with van der Waals surface area (Å²) in [5.74, 6) is -0.993. The van der Waals surface area contributed by atoms with Gasteiger partial charge >= 0.3 is 6.61 Å². The predicted octanol–water partition coefficient (Wildman–Crippen LogP) is 4.65. The summed E-state index contributed by atoms with van der Waals surface area (Å²) in [6, 6.07) is 15.4. The Morgan fingerprint density at radius 2 is 1.91 bits per heavy atom. The molecule has 2 aromatic heterocycles. The molecule has 2 heterocycles. The normalized spacial score (nSPS) is 11.5. The molecule has 178 valence electrons. The molecule has 0 spiro atoms. The molecule has 0 aliphatic heterocycles. The van der Waals surface area contributed by atoms with Crippen LogP contribution in [0.5, 0.6) is 5.88 Å². The molecular formula is C24H19F3N6O2. The highest BCUT2D eigenvalue weighted by Gasteiger charge is 2.16. The van der Waals surface area contributed by atoms with Crippen LogP contribution in [0.1, 0.15) is 12.6 Å². The van der Waals surface area contributed by atoms with E-state index in [9.17, 15) is 13.6 Å². The monoisotopic (exact) mass is 480 g/mol. The summed E-state index contributed by atoms with van der Waals surface area (Å²) in [4.78, 5) is 12.6. The van der Waals surface area contributed by atoms with Crippen LogP contribution in [-0.2, 0) is 0 Å². The average molecular weight is 480 g/mol. The molecule has 0 aliphatic rings. The lowest BCUT2D eigenvalue weighted by Crippen LogP contribution is -2.19. The van der Waals surface area contributed by atoms with E-state index < -0.39 is 17.9 Å². The SMILES string of the molecule is CC(=N)/C=C(\Nc1ccccc1)c1nn(-c2ccc(-n3nccc3OC(F)F)cc2F)ccc1=O. The number of hydrogen-bond donors (Lipinski definition) is 2. The topological polar surface area (TPSA) is 97.8 Å². The van der Waals surface area contributed by atoms with E-state index in [1.807, 2.05) is 18.2 Å². The van der Waals surface area contributed by atoms with Gasteiger partial charge < -0.3 is 15.5 Å². The van der Waals surface area contributed by atoms with Crippen LogP contribution in [0.15, 0.2) is 83.9 Å². The minimum absolute atomic E-state index is 0.00381. The first-order valence-electron chi connectivity index (χ1n) is 10.3. The van der Waals surface area contributed by atoms with Crippen molar-refractivity contribution in [2.45, 2.75) is 13.5 Å². The fraction of sp³-hybridized carbons (Fsp3) is 0.0833. The highest BCUT2D eigenvalue weighted by Crippen LogP contribution is 2.23. The quantitative estimate of drug-likeness (QED) is 0.358. The molecular weight excluding hydrogens is 461 g/mol. The van der Waals surface area contributed by atoms with Gasteiger partial charge in [0.2, 0.25) is 11.3 Å². The van der Waals surface area contributed by atoms with Crippen LogP contribution in [-0.4, -0.2) is 31.9 Å². The highest BCUT2D eigenvalue weighted by molar-refractivity contribution is 5.98. The van der Waals surface area contributed by atoms with Gasteiger partial charge in [0.05, 0.1) is 17.6 Å². The molecule has 4 aromatic rings. The van der Waals surface area contributed by atoms with Crippen LogP contribution in [0.3, 0.4) is 0 Å². The summed E-state index contributed by atoms with van der Waals surface area (Å²) in [7, 11) is 0. The number of halogens is 3. The molecule has 0 fully saturated rings. The molecule has 0 saturated heterocycles. The van der Waals surface area contributed by atoms with Crippen LogP contribution in [0.2, 0.25) is 0 Å². The van der Waals surface area contributed by atoms with Gasteiger partial charge in [0.1, 0.15) is 5.69 Å². The Morgan fingerprint density at radius 3 is 2.60 bits per heavy atom. The van der Waals surface area contributed by atoms with Gasteiger partial charge in [0.15, 0.2) is 11.5 Å². The summed E-state index contributed by atoms with van der Waals surface area (Å²) in [6.45, 7) is -1.51. The van der Waals surface area contributed by atoms with Crippen molar-refractivity contribution in [2.75, 3.05) is 5.32 Å². The Morgan fingerprint density at radius 1 is 1.14 bits per heavy atom. The van der Waals surface area contributed by atoms with Crippen LogP contribution < -0.4 is 15.5 Å². The number of rotatable bonds is 8. The second-order valence-corrected chi connectivity index (χ2v) is 7.30. The van der Waals surface area contributed by atoms with Crippen molar-refractivity contribution in [2.24, 2.45) is 0 Å². The van der Waals surface area contributed by atoms with Gasteiger partial charge in [-0.05, 0) is 37.3 Å². The highest BCUT2D eigenvalue weighted by atomic mass is 19.3. The van der Waals surface area contributed by atoms with Gasteiger partial charge in [0.25, 0.3) is 0 Å². The van der Waals surface area contributed by atoms with Gasteiger partial charge in [-0.15, -0.1) is 0 Å². The number of nitrogens with zero attached hydrogens (tertiary/aromatic N) is 4. The first-order chi connectivity index (χ1) is 16.8. The van der Waals surface area contributed by atoms with Crippen molar-refractivity contribution in [1.82, 2.24) is 19.6 Å². The number of benzene rings is 2. The van der Waals surface area contributed by atoms with Crippen LogP contribution in [0.4, 0.5) is 18.9 Å². The molecule has 0 amide bonds. The molecule has 0 unspecified atom stereocenters. The van der Waals surface area contributed by atoms with E-state index in [0.29, 0.717) is 5.69 Å². The zero-order valence-corrected chi connectivity index (χ0v) is 18.3. The summed E-state index contributed by atoms with van der Waals surface area (Å²) in [5, 5.41) is 19.1. The lowest BCUT2D eigenvalue weighted by Gasteiger charge is -2.14. The molecule has 0 saturated carbocycles. The molecule has 2 N–H and O–H groups in total. The van der Waals surface area contributed by atoms with Gasteiger partial charge in [-0.25, -0.2) is 13.8 Å². The molecule has 35 heavy (non-hydrogen) atoms. The van der Waals surface area contributed by atoms with E-state index in [-0.39, 0.29) is 34.4 Å². The number of anilines is 1. The second kappa shape index (κ2) is 10.1. The van der Waals surface area contributed by atoms with Crippen molar-refractivity contribution in [3.8, 4) is 17.3 Å². The van der Waals surface area contributed by atoms with E-state index in [1.54, 1.807) is 19.1 Å². The van der Waals surface area contributed by atoms with Gasteiger partial charge in [-0.1, -0.05) is 18.2 Å². The minimum atomic E-state index is -3.06. The second-order valence-electron chi connectivity index (χ2n) is 7.30. The molecule has 0 radical (unpaired) electrons. The zero-order chi connectivity index (χ0) is 24.9. The Hall–Kier alpha value is -4.67. The molecule has 4 rings (SSSR count). The van der Waals surface area contributed by atoms with Crippen LogP contribution in [0, 0.1) is 11.2 Å². The summed E-state index contributed by atoms with van der Waals surface area (Å²) < 4.78 is 46.9. The van der Waals surface area contributed by atoms with E-state index in [0.717, 1.165) is 10.7 Å². The number of hydrogen-bond acceptors (Lipinski definition) is 6. The van der Waals surface area contributed by atoms with E-state index in [2.05, 4.69) is 20.3 Å². The standard InChI is InChI=1S/C24H19F3N6O2/c1-15(28)13-19(30-16-5-3-2-4-6-16)23-21(34)10-12-32(31-23)20-8-7-17(14-18(20)25)33-22(9-11-29-33)35-24(26)27/h2-14,24,28,30H,1H3/b19-13-,28-15?. The Bertz CT molecular complexity index is 1450. The third-order valence-corrected chi connectivity index (χ3v) is 4.72. The van der Waals surface area contributed by atoms with Gasteiger partial charge in [-0.3, -0.25) is 4.79 Å². The third kappa shape index (κ3) is 5.46. The van der Waals surface area contributed by atoms with Crippen molar-refractivity contribution in [3.63, 3.8) is 0 Å². The van der Waals surface area contributed by atoms with E-state index in [1.165, 1.54) is 47.4 Å². The fourth-order valence-electron chi connectivity index (χ4n) is 3.26. The summed E-state index contributed by atoms with van der Waals surface area (Å²) in [6.07, 6.45) is 4.00. The summed E-state index contributed by atoms with van der Waals surface area (Å²) >= 11 is 0. The molecule has 8 nitrogen and oxygen atoms in total. The maximum Gasteiger partial charge on any atom is 0.388 e. The van der Waals surface area contributed by atoms with Gasteiger partial charge in [0, 0.05) is 35.8 Å². The molecule has 0 atom stereocenters. The molecule has 11 heteroatoms. The van der Waals surface area contributed by atoms with Crippen LogP contribution >= 0.6 is 0 Å². The van der Waals surface area contributed by atoms with Crippen molar-refractivity contribution >= 4 is 17.1 Å². The molecule has 0 bridgehead atoms. The maximum absolute atomic E-state index is 15.1. The Balaban J connectivity index is 1.72. The first-order valence-corrected chi connectivity index (χ1v) is 10.3. The van der Waals surface area contributed by atoms with Crippen molar-refractivity contribution < 1.29 is 17.9 Å².